The molecule has 0 aliphatic rings. The Morgan fingerprint density at radius 3 is 1.65 bits per heavy atom. The molecule has 4 aromatic carbocycles. The van der Waals surface area contributed by atoms with Crippen molar-refractivity contribution in [2.45, 2.75) is 0 Å². The summed E-state index contributed by atoms with van der Waals surface area (Å²) in [5, 5.41) is 2.47. The lowest BCUT2D eigenvalue weighted by Crippen LogP contribution is -1.98. The van der Waals surface area contributed by atoms with Gasteiger partial charge in [-0.3, -0.25) is 4.98 Å². The van der Waals surface area contributed by atoms with Gasteiger partial charge in [-0.15, -0.1) is 0 Å². The van der Waals surface area contributed by atoms with Crippen molar-refractivity contribution < 1.29 is 0 Å². The minimum Gasteiger partial charge on any atom is -0.308 e. The highest BCUT2D eigenvalue weighted by atomic mass is 15.0. The van der Waals surface area contributed by atoms with Crippen LogP contribution in [0.3, 0.4) is 0 Å². The van der Waals surface area contributed by atoms with Gasteiger partial charge in [0.05, 0.1) is 40.0 Å². The van der Waals surface area contributed by atoms with Crippen molar-refractivity contribution >= 4 is 21.8 Å². The maximum absolute atomic E-state index is 4.91. The molecule has 0 unspecified atom stereocenters. The summed E-state index contributed by atoms with van der Waals surface area (Å²) in [6, 6.07) is 43.5. The summed E-state index contributed by atoms with van der Waals surface area (Å²) in [6.07, 6.45) is 1.93. The zero-order chi connectivity index (χ0) is 24.6. The quantitative estimate of drug-likeness (QED) is 0.260. The molecule has 0 fully saturated rings. The van der Waals surface area contributed by atoms with E-state index in [1.807, 2.05) is 66.9 Å². The molecule has 174 valence electrons. The molecule has 7 aromatic rings. The van der Waals surface area contributed by atoms with Crippen molar-refractivity contribution in [1.29, 1.82) is 0 Å². The van der Waals surface area contributed by atoms with E-state index in [2.05, 4.69) is 71.3 Å². The van der Waals surface area contributed by atoms with E-state index in [0.29, 0.717) is 5.82 Å². The number of nitrogens with zero attached hydrogens (tertiary/aromatic N) is 4. The Labute approximate surface area is 214 Å². The first-order valence-corrected chi connectivity index (χ1v) is 12.3. The molecule has 4 nitrogen and oxygen atoms in total. The molecule has 0 aliphatic carbocycles. The van der Waals surface area contributed by atoms with Gasteiger partial charge >= 0.3 is 0 Å². The number of hydrogen-bond donors (Lipinski definition) is 0. The lowest BCUT2D eigenvalue weighted by atomic mass is 10.1. The third-order valence-corrected chi connectivity index (χ3v) is 6.68. The van der Waals surface area contributed by atoms with Crippen LogP contribution >= 0.6 is 0 Å². The molecular formula is C33H22N4. The Morgan fingerprint density at radius 2 is 1.03 bits per heavy atom. The summed E-state index contributed by atoms with van der Waals surface area (Å²) in [7, 11) is 0. The molecule has 0 saturated carbocycles. The fourth-order valence-corrected chi connectivity index (χ4v) is 4.92. The molecule has 0 atom stereocenters. The monoisotopic (exact) mass is 474 g/mol. The Hall–Kier alpha value is -5.09. The maximum atomic E-state index is 4.91. The van der Waals surface area contributed by atoms with Crippen LogP contribution in [0, 0.1) is 0 Å². The average molecular weight is 475 g/mol. The number of aromatic nitrogens is 4. The van der Waals surface area contributed by atoms with E-state index in [0.717, 1.165) is 44.9 Å². The number of hydrogen-bond acceptors (Lipinski definition) is 3. The van der Waals surface area contributed by atoms with E-state index < -0.39 is 0 Å². The second-order valence-electron chi connectivity index (χ2n) is 8.97. The smallest absolute Gasteiger partial charge is 0.160 e. The molecule has 0 radical (unpaired) electrons. The molecule has 0 saturated heterocycles. The number of rotatable bonds is 4. The van der Waals surface area contributed by atoms with Gasteiger partial charge in [0, 0.05) is 21.9 Å². The van der Waals surface area contributed by atoms with Crippen LogP contribution in [0.5, 0.6) is 0 Å². The largest absolute Gasteiger partial charge is 0.308 e. The summed E-state index contributed by atoms with van der Waals surface area (Å²) >= 11 is 0. The topological polar surface area (TPSA) is 43.6 Å². The molecule has 0 bridgehead atoms. The van der Waals surface area contributed by atoms with E-state index in [1.165, 1.54) is 10.8 Å². The highest BCUT2D eigenvalue weighted by Crippen LogP contribution is 2.32. The zero-order valence-electron chi connectivity index (χ0n) is 20.0. The molecule has 3 aromatic heterocycles. The number of benzene rings is 4. The van der Waals surface area contributed by atoms with Crippen LogP contribution in [0.4, 0.5) is 0 Å². The first kappa shape index (κ1) is 21.2. The van der Waals surface area contributed by atoms with Gasteiger partial charge in [0.25, 0.3) is 0 Å². The lowest BCUT2D eigenvalue weighted by molar-refractivity contribution is 1.12. The molecule has 7 rings (SSSR count). The highest BCUT2D eigenvalue weighted by molar-refractivity contribution is 6.09. The van der Waals surface area contributed by atoms with Crippen LogP contribution in [0.25, 0.3) is 61.5 Å². The van der Waals surface area contributed by atoms with Crippen LogP contribution < -0.4 is 0 Å². The maximum Gasteiger partial charge on any atom is 0.160 e. The zero-order valence-corrected chi connectivity index (χ0v) is 20.0. The van der Waals surface area contributed by atoms with E-state index in [4.69, 9.17) is 15.0 Å². The Kier molecular flexibility index (Phi) is 5.07. The summed E-state index contributed by atoms with van der Waals surface area (Å²) in [5.74, 6) is 0.685. The van der Waals surface area contributed by atoms with Crippen molar-refractivity contribution in [1.82, 2.24) is 19.5 Å². The molecule has 0 spiro atoms. The van der Waals surface area contributed by atoms with Gasteiger partial charge in [0.1, 0.15) is 0 Å². The second kappa shape index (κ2) is 8.85. The van der Waals surface area contributed by atoms with E-state index in [-0.39, 0.29) is 0 Å². The van der Waals surface area contributed by atoms with E-state index in [1.54, 1.807) is 0 Å². The van der Waals surface area contributed by atoms with Crippen LogP contribution in [0.2, 0.25) is 0 Å². The fraction of sp³-hybridized carbons (Fsp3) is 0. The summed E-state index contributed by atoms with van der Waals surface area (Å²) < 4.78 is 2.27. The van der Waals surface area contributed by atoms with Gasteiger partial charge in [-0.2, -0.15) is 0 Å². The SMILES string of the molecule is c1ccc(-c2cc(-c3ccc(-n4c5ccccc5c5ccccc54)cn3)nc(-c3ccccc3)n2)cc1. The van der Waals surface area contributed by atoms with Crippen molar-refractivity contribution in [2.75, 3.05) is 0 Å². The molecule has 0 aliphatic heterocycles. The normalized spacial score (nSPS) is 11.2. The predicted molar refractivity (Wildman–Crippen MR) is 150 cm³/mol. The number of fused-ring (bicyclic) bond motifs is 3. The third-order valence-electron chi connectivity index (χ3n) is 6.68. The minimum atomic E-state index is 0.685. The molecule has 4 heteroatoms. The number of para-hydroxylation sites is 2. The van der Waals surface area contributed by atoms with Crippen LogP contribution in [0.1, 0.15) is 0 Å². The first-order valence-electron chi connectivity index (χ1n) is 12.3. The molecule has 0 N–H and O–H groups in total. The van der Waals surface area contributed by atoms with Gasteiger partial charge in [0.15, 0.2) is 5.82 Å². The predicted octanol–water partition coefficient (Wildman–Crippen LogP) is 7.97. The van der Waals surface area contributed by atoms with Crippen molar-refractivity contribution in [3.63, 3.8) is 0 Å². The highest BCUT2D eigenvalue weighted by Gasteiger charge is 2.14. The second-order valence-corrected chi connectivity index (χ2v) is 8.97. The van der Waals surface area contributed by atoms with Crippen molar-refractivity contribution in [3.05, 3.63) is 134 Å². The fourth-order valence-electron chi connectivity index (χ4n) is 4.92. The number of pyridine rings is 1. The van der Waals surface area contributed by atoms with Gasteiger partial charge in [-0.1, -0.05) is 97.1 Å². The van der Waals surface area contributed by atoms with Gasteiger partial charge in [0.2, 0.25) is 0 Å². The third kappa shape index (κ3) is 3.76. The molecule has 37 heavy (non-hydrogen) atoms. The lowest BCUT2D eigenvalue weighted by Gasteiger charge is -2.10. The minimum absolute atomic E-state index is 0.685. The Balaban J connectivity index is 1.37. The summed E-state index contributed by atoms with van der Waals surface area (Å²) in [6.45, 7) is 0. The Morgan fingerprint density at radius 1 is 0.459 bits per heavy atom. The van der Waals surface area contributed by atoms with E-state index >= 15 is 0 Å². The van der Waals surface area contributed by atoms with Crippen molar-refractivity contribution in [2.24, 2.45) is 0 Å². The molecular weight excluding hydrogens is 452 g/mol. The Bertz CT molecular complexity index is 1740. The van der Waals surface area contributed by atoms with Gasteiger partial charge < -0.3 is 4.57 Å². The standard InChI is InChI=1S/C33H22N4/c1-3-11-23(12-4-1)29-21-30(36-33(35-29)24-13-5-2-6-14-24)28-20-19-25(22-34-28)37-31-17-9-7-15-26(31)27-16-8-10-18-32(27)37/h1-22H. The van der Waals surface area contributed by atoms with Crippen LogP contribution in [-0.2, 0) is 0 Å². The molecule has 0 amide bonds. The van der Waals surface area contributed by atoms with E-state index in [9.17, 15) is 0 Å². The van der Waals surface area contributed by atoms with Gasteiger partial charge in [-0.25, -0.2) is 9.97 Å². The van der Waals surface area contributed by atoms with Crippen molar-refractivity contribution in [3.8, 4) is 39.7 Å². The summed E-state index contributed by atoms with van der Waals surface area (Å²) in [5.41, 5.74) is 7.84. The first-order chi connectivity index (χ1) is 18.3. The summed E-state index contributed by atoms with van der Waals surface area (Å²) in [4.78, 5) is 14.7. The van der Waals surface area contributed by atoms with Gasteiger partial charge in [-0.05, 0) is 30.3 Å². The van der Waals surface area contributed by atoms with Crippen LogP contribution in [-0.4, -0.2) is 19.5 Å². The molecule has 3 heterocycles. The average Bonchev–Trinajstić information content (AvgIpc) is 3.32. The van der Waals surface area contributed by atoms with Crippen LogP contribution in [0.15, 0.2) is 134 Å².